The summed E-state index contributed by atoms with van der Waals surface area (Å²) in [6, 6.07) is 13.9. The second kappa shape index (κ2) is 8.08. The molecule has 0 amide bonds. The number of piperazine rings is 1. The highest BCUT2D eigenvalue weighted by Crippen LogP contribution is 2.34. The fraction of sp³-hybridized carbons (Fsp3) is 0.292. The van der Waals surface area contributed by atoms with E-state index in [-0.39, 0.29) is 5.95 Å². The zero-order chi connectivity index (χ0) is 22.4. The Hall–Kier alpha value is -3.59. The molecule has 2 aliphatic rings. The minimum atomic E-state index is 0.255. The first kappa shape index (κ1) is 20.0. The summed E-state index contributed by atoms with van der Waals surface area (Å²) in [6.45, 7) is 3.51. The number of nitrogens with zero attached hydrogens (tertiary/aromatic N) is 4. The molecule has 0 bridgehead atoms. The van der Waals surface area contributed by atoms with Crippen LogP contribution in [0.25, 0.3) is 22.1 Å². The van der Waals surface area contributed by atoms with Gasteiger partial charge in [0, 0.05) is 38.0 Å². The van der Waals surface area contributed by atoms with Gasteiger partial charge in [0.15, 0.2) is 22.9 Å². The molecule has 4 aromatic rings. The summed E-state index contributed by atoms with van der Waals surface area (Å²) in [4.78, 5) is 14.4. The van der Waals surface area contributed by atoms with E-state index in [1.54, 1.807) is 0 Å². The summed E-state index contributed by atoms with van der Waals surface area (Å²) >= 11 is 5.76. The molecule has 2 aromatic carbocycles. The molecule has 0 aliphatic carbocycles. The van der Waals surface area contributed by atoms with Crippen molar-refractivity contribution < 1.29 is 13.9 Å². The molecule has 33 heavy (non-hydrogen) atoms. The van der Waals surface area contributed by atoms with Crippen molar-refractivity contribution in [3.63, 3.8) is 0 Å². The molecule has 0 saturated carbocycles. The summed E-state index contributed by atoms with van der Waals surface area (Å²) < 4.78 is 17.0. The zero-order valence-corrected chi connectivity index (χ0v) is 18.8. The average molecular weight is 462 g/mol. The third kappa shape index (κ3) is 3.68. The van der Waals surface area contributed by atoms with Crippen LogP contribution in [0.1, 0.15) is 12.0 Å². The summed E-state index contributed by atoms with van der Waals surface area (Å²) in [5.74, 6) is 2.62. The van der Waals surface area contributed by atoms with Crippen molar-refractivity contribution in [2.75, 3.05) is 43.6 Å². The number of fused-ring (bicyclic) bond motifs is 4. The number of benzene rings is 2. The monoisotopic (exact) mass is 461 g/mol. The van der Waals surface area contributed by atoms with Crippen LogP contribution in [0.15, 0.2) is 46.9 Å². The number of aromatic nitrogens is 2. The van der Waals surface area contributed by atoms with E-state index in [1.165, 1.54) is 5.56 Å². The van der Waals surface area contributed by atoms with Crippen LogP contribution in [0, 0.1) is 0 Å². The maximum Gasteiger partial charge on any atom is 0.231 e. The molecule has 2 N–H and O–H groups in total. The first-order valence-electron chi connectivity index (χ1n) is 11.0. The molecule has 168 valence electrons. The quantitative estimate of drug-likeness (QED) is 0.456. The van der Waals surface area contributed by atoms with Gasteiger partial charge in [-0.15, -0.1) is 0 Å². The van der Waals surface area contributed by atoms with Crippen molar-refractivity contribution in [1.82, 2.24) is 14.9 Å². The van der Waals surface area contributed by atoms with Crippen LogP contribution < -0.4 is 20.1 Å². The Morgan fingerprint density at radius 1 is 1.00 bits per heavy atom. The number of nitrogens with two attached hydrogens (primary N) is 1. The molecule has 2 aliphatic heterocycles. The normalized spacial score (nSPS) is 15.5. The minimum absolute atomic E-state index is 0.255. The largest absolute Gasteiger partial charge is 0.454 e. The van der Waals surface area contributed by atoms with E-state index in [0.29, 0.717) is 12.4 Å². The first-order chi connectivity index (χ1) is 16.2. The second-order valence-electron chi connectivity index (χ2n) is 8.24. The fourth-order valence-electron chi connectivity index (χ4n) is 4.48. The van der Waals surface area contributed by atoms with Crippen LogP contribution in [-0.2, 0) is 6.42 Å². The number of aryl methyl sites for hydroxylation is 1. The van der Waals surface area contributed by atoms with Gasteiger partial charge >= 0.3 is 0 Å². The van der Waals surface area contributed by atoms with Crippen molar-refractivity contribution >= 4 is 51.0 Å². The van der Waals surface area contributed by atoms with Gasteiger partial charge in [0.05, 0.1) is 4.99 Å². The lowest BCUT2D eigenvalue weighted by atomic mass is 10.1. The molecular formula is C24H23N5O3S. The molecule has 8 nitrogen and oxygen atoms in total. The topological polar surface area (TPSA) is 89.9 Å². The van der Waals surface area contributed by atoms with Crippen molar-refractivity contribution in [2.45, 2.75) is 12.8 Å². The Morgan fingerprint density at radius 2 is 1.82 bits per heavy atom. The maximum atomic E-state index is 6.10. The third-order valence-electron chi connectivity index (χ3n) is 6.22. The molecule has 0 radical (unpaired) electrons. The number of furan rings is 1. The van der Waals surface area contributed by atoms with Crippen molar-refractivity contribution in [3.8, 4) is 11.5 Å². The van der Waals surface area contributed by atoms with E-state index >= 15 is 0 Å². The van der Waals surface area contributed by atoms with E-state index in [0.717, 1.165) is 77.8 Å². The van der Waals surface area contributed by atoms with Gasteiger partial charge in [0.25, 0.3) is 0 Å². The minimum Gasteiger partial charge on any atom is -0.454 e. The van der Waals surface area contributed by atoms with Crippen LogP contribution >= 0.6 is 12.2 Å². The molecule has 0 atom stereocenters. The SMILES string of the molecule is Nc1nc(N2CCN(C(=S)CCc3ccc4c(c3)OCO4)CC2)c2oc3ccccc3c2n1. The second-order valence-corrected chi connectivity index (χ2v) is 8.71. The Labute approximate surface area is 195 Å². The van der Waals surface area contributed by atoms with E-state index in [9.17, 15) is 0 Å². The molecule has 0 unspecified atom stereocenters. The summed E-state index contributed by atoms with van der Waals surface area (Å²) in [7, 11) is 0. The van der Waals surface area contributed by atoms with Gasteiger partial charge in [-0.25, -0.2) is 4.98 Å². The van der Waals surface area contributed by atoms with E-state index in [1.807, 2.05) is 36.4 Å². The van der Waals surface area contributed by atoms with Gasteiger partial charge in [0.1, 0.15) is 11.1 Å². The van der Waals surface area contributed by atoms with Crippen LogP contribution in [-0.4, -0.2) is 52.8 Å². The smallest absolute Gasteiger partial charge is 0.231 e. The van der Waals surface area contributed by atoms with Crippen LogP contribution in [0.2, 0.25) is 0 Å². The summed E-state index contributed by atoms with van der Waals surface area (Å²) in [6.07, 6.45) is 1.70. The molecule has 1 saturated heterocycles. The number of anilines is 2. The third-order valence-corrected chi connectivity index (χ3v) is 6.68. The number of para-hydroxylation sites is 1. The highest BCUT2D eigenvalue weighted by molar-refractivity contribution is 7.80. The molecule has 2 aromatic heterocycles. The Balaban J connectivity index is 1.13. The Bertz CT molecular complexity index is 1360. The van der Waals surface area contributed by atoms with Crippen LogP contribution in [0.4, 0.5) is 11.8 Å². The maximum absolute atomic E-state index is 6.10. The molecule has 1 fully saturated rings. The van der Waals surface area contributed by atoms with Crippen LogP contribution in [0.5, 0.6) is 11.5 Å². The van der Waals surface area contributed by atoms with Gasteiger partial charge in [-0.3, -0.25) is 0 Å². The fourth-order valence-corrected chi connectivity index (χ4v) is 4.77. The highest BCUT2D eigenvalue weighted by atomic mass is 32.1. The number of rotatable bonds is 4. The van der Waals surface area contributed by atoms with Gasteiger partial charge < -0.3 is 29.4 Å². The predicted octanol–water partition coefficient (Wildman–Crippen LogP) is 3.77. The van der Waals surface area contributed by atoms with Gasteiger partial charge in [-0.05, 0) is 36.2 Å². The van der Waals surface area contributed by atoms with Crippen molar-refractivity contribution in [3.05, 3.63) is 48.0 Å². The standard InChI is InChI=1S/C24H23N5O3S/c25-24-26-21-16-3-1-2-4-17(16)32-22(21)23(27-24)29-11-9-28(10-12-29)20(33)8-6-15-5-7-18-19(13-15)31-14-30-18/h1-5,7,13H,6,8-12,14H2,(H2,25,26,27). The molecule has 6 rings (SSSR count). The summed E-state index contributed by atoms with van der Waals surface area (Å²) in [5, 5.41) is 0.950. The van der Waals surface area contributed by atoms with Gasteiger partial charge in [-0.2, -0.15) is 4.98 Å². The zero-order valence-electron chi connectivity index (χ0n) is 18.0. The number of nitrogen functional groups attached to an aromatic ring is 1. The van der Waals surface area contributed by atoms with Crippen LogP contribution in [0.3, 0.4) is 0 Å². The lowest BCUT2D eigenvalue weighted by Gasteiger charge is -2.36. The number of thiocarbonyl (C=S) groups is 1. The first-order valence-corrected chi connectivity index (χ1v) is 11.4. The Kier molecular flexibility index (Phi) is 4.91. The number of hydrogen-bond donors (Lipinski definition) is 1. The van der Waals surface area contributed by atoms with E-state index < -0.39 is 0 Å². The lowest BCUT2D eigenvalue weighted by Crippen LogP contribution is -2.48. The molecule has 9 heteroatoms. The van der Waals surface area contributed by atoms with E-state index in [4.69, 9.17) is 31.8 Å². The predicted molar refractivity (Wildman–Crippen MR) is 131 cm³/mol. The highest BCUT2D eigenvalue weighted by Gasteiger charge is 2.24. The van der Waals surface area contributed by atoms with Gasteiger partial charge in [-0.1, -0.05) is 30.4 Å². The summed E-state index contributed by atoms with van der Waals surface area (Å²) in [5.41, 5.74) is 9.48. The van der Waals surface area contributed by atoms with Gasteiger partial charge in [0.2, 0.25) is 12.7 Å². The lowest BCUT2D eigenvalue weighted by molar-refractivity contribution is 0.174. The van der Waals surface area contributed by atoms with Crippen molar-refractivity contribution in [1.29, 1.82) is 0 Å². The number of hydrogen-bond acceptors (Lipinski definition) is 8. The Morgan fingerprint density at radius 3 is 2.70 bits per heavy atom. The molecule has 4 heterocycles. The average Bonchev–Trinajstić information content (AvgIpc) is 3.46. The molecule has 0 spiro atoms. The van der Waals surface area contributed by atoms with Crippen molar-refractivity contribution in [2.24, 2.45) is 0 Å². The van der Waals surface area contributed by atoms with E-state index in [2.05, 4.69) is 25.8 Å². The molecular weight excluding hydrogens is 438 g/mol. The number of ether oxygens (including phenoxy) is 2.